The van der Waals surface area contributed by atoms with E-state index in [1.165, 1.54) is 19.3 Å². The van der Waals surface area contributed by atoms with Crippen molar-refractivity contribution < 1.29 is 0 Å². The fraction of sp³-hybridized carbons (Fsp3) is 0.706. The van der Waals surface area contributed by atoms with E-state index in [9.17, 15) is 0 Å². The molecule has 21 heavy (non-hydrogen) atoms. The Kier molecular flexibility index (Phi) is 4.15. The first-order chi connectivity index (χ1) is 9.92. The minimum absolute atomic E-state index is 0.109. The molecule has 1 saturated heterocycles. The van der Waals surface area contributed by atoms with Crippen molar-refractivity contribution in [1.82, 2.24) is 10.3 Å². The molecular formula is C17H26ClN3. The maximum Gasteiger partial charge on any atom is 0.147 e. The SMILES string of the molecule is CC(C)(C)NCc1cnc(N2CC3CCCC3C2)c(Cl)c1. The number of hydrogen-bond donors (Lipinski definition) is 1. The molecule has 2 aliphatic rings. The van der Waals surface area contributed by atoms with Gasteiger partial charge in [-0.2, -0.15) is 0 Å². The Bertz CT molecular complexity index is 497. The first-order valence-corrected chi connectivity index (χ1v) is 8.44. The Hall–Kier alpha value is -0.800. The lowest BCUT2D eigenvalue weighted by molar-refractivity contribution is 0.424. The zero-order valence-corrected chi connectivity index (χ0v) is 14.1. The lowest BCUT2D eigenvalue weighted by Gasteiger charge is -2.22. The van der Waals surface area contributed by atoms with E-state index in [4.69, 9.17) is 11.6 Å². The van der Waals surface area contributed by atoms with E-state index < -0.39 is 0 Å². The van der Waals surface area contributed by atoms with E-state index >= 15 is 0 Å². The normalized spacial score (nSPS) is 25.4. The Labute approximate surface area is 133 Å². The molecular weight excluding hydrogens is 282 g/mol. The van der Waals surface area contributed by atoms with Crippen molar-refractivity contribution in [2.75, 3.05) is 18.0 Å². The van der Waals surface area contributed by atoms with Crippen LogP contribution in [-0.2, 0) is 6.54 Å². The van der Waals surface area contributed by atoms with Crippen LogP contribution in [0.3, 0.4) is 0 Å². The molecule has 2 heterocycles. The Balaban J connectivity index is 1.67. The van der Waals surface area contributed by atoms with Gasteiger partial charge in [0.25, 0.3) is 0 Å². The summed E-state index contributed by atoms with van der Waals surface area (Å²) in [5.74, 6) is 2.71. The summed E-state index contributed by atoms with van der Waals surface area (Å²) in [5, 5.41) is 4.27. The van der Waals surface area contributed by atoms with Crippen molar-refractivity contribution in [2.24, 2.45) is 11.8 Å². The van der Waals surface area contributed by atoms with E-state index in [2.05, 4.69) is 42.0 Å². The standard InChI is InChI=1S/C17H26ClN3/c1-17(2,3)20-9-12-7-15(18)16(19-8-12)21-10-13-5-4-6-14(13)11-21/h7-8,13-14,20H,4-6,9-11H2,1-3H3. The molecule has 2 fully saturated rings. The van der Waals surface area contributed by atoms with Crippen molar-refractivity contribution in [2.45, 2.75) is 52.1 Å². The molecule has 3 rings (SSSR count). The summed E-state index contributed by atoms with van der Waals surface area (Å²) in [5.41, 5.74) is 1.26. The number of nitrogens with one attached hydrogen (secondary N) is 1. The van der Waals surface area contributed by atoms with Crippen LogP contribution in [0, 0.1) is 11.8 Å². The highest BCUT2D eigenvalue weighted by Crippen LogP contribution is 2.40. The highest BCUT2D eigenvalue weighted by molar-refractivity contribution is 6.33. The molecule has 1 aromatic rings. The zero-order valence-electron chi connectivity index (χ0n) is 13.3. The molecule has 1 aliphatic heterocycles. The predicted molar refractivity (Wildman–Crippen MR) is 88.9 cm³/mol. The average molecular weight is 308 g/mol. The molecule has 1 saturated carbocycles. The van der Waals surface area contributed by atoms with Crippen LogP contribution in [0.1, 0.15) is 45.6 Å². The predicted octanol–water partition coefficient (Wildman–Crippen LogP) is 3.86. The third-order valence-corrected chi connectivity index (χ3v) is 5.01. The molecule has 0 amide bonds. The molecule has 1 aliphatic carbocycles. The fourth-order valence-electron chi connectivity index (χ4n) is 3.57. The van der Waals surface area contributed by atoms with Gasteiger partial charge in [0.2, 0.25) is 0 Å². The number of pyridine rings is 1. The lowest BCUT2D eigenvalue weighted by Crippen LogP contribution is -2.35. The van der Waals surface area contributed by atoms with Gasteiger partial charge in [0.05, 0.1) is 5.02 Å². The lowest BCUT2D eigenvalue weighted by atomic mass is 10.0. The largest absolute Gasteiger partial charge is 0.355 e. The van der Waals surface area contributed by atoms with Gasteiger partial charge in [-0.05, 0) is 57.1 Å². The molecule has 0 spiro atoms. The van der Waals surface area contributed by atoms with Gasteiger partial charge in [0, 0.05) is 31.4 Å². The van der Waals surface area contributed by atoms with Crippen LogP contribution in [0.2, 0.25) is 5.02 Å². The summed E-state index contributed by atoms with van der Waals surface area (Å²) < 4.78 is 0. The van der Waals surface area contributed by atoms with Crippen LogP contribution in [0.15, 0.2) is 12.3 Å². The summed E-state index contributed by atoms with van der Waals surface area (Å²) in [4.78, 5) is 7.03. The maximum absolute atomic E-state index is 6.48. The highest BCUT2D eigenvalue weighted by Gasteiger charge is 2.37. The van der Waals surface area contributed by atoms with Crippen LogP contribution in [0.25, 0.3) is 0 Å². The molecule has 4 heteroatoms. The van der Waals surface area contributed by atoms with Crippen molar-refractivity contribution in [1.29, 1.82) is 0 Å². The van der Waals surface area contributed by atoms with Gasteiger partial charge >= 0.3 is 0 Å². The second-order valence-corrected chi connectivity index (χ2v) is 8.02. The molecule has 116 valence electrons. The van der Waals surface area contributed by atoms with Crippen LogP contribution < -0.4 is 10.2 Å². The van der Waals surface area contributed by atoms with Gasteiger partial charge in [-0.25, -0.2) is 4.98 Å². The van der Waals surface area contributed by atoms with Gasteiger partial charge in [-0.1, -0.05) is 18.0 Å². The van der Waals surface area contributed by atoms with Gasteiger partial charge < -0.3 is 10.2 Å². The molecule has 2 unspecified atom stereocenters. The number of anilines is 1. The summed E-state index contributed by atoms with van der Waals surface area (Å²) >= 11 is 6.48. The summed E-state index contributed by atoms with van der Waals surface area (Å²) in [7, 11) is 0. The summed E-state index contributed by atoms with van der Waals surface area (Å²) in [6.07, 6.45) is 6.13. The van der Waals surface area contributed by atoms with Crippen molar-refractivity contribution >= 4 is 17.4 Å². The Morgan fingerprint density at radius 1 is 1.29 bits per heavy atom. The van der Waals surface area contributed by atoms with Gasteiger partial charge in [-0.3, -0.25) is 0 Å². The third-order valence-electron chi connectivity index (χ3n) is 4.73. The van der Waals surface area contributed by atoms with Crippen molar-refractivity contribution in [3.05, 3.63) is 22.8 Å². The van der Waals surface area contributed by atoms with Gasteiger partial charge in [0.1, 0.15) is 5.82 Å². The second-order valence-electron chi connectivity index (χ2n) is 7.61. The quantitative estimate of drug-likeness (QED) is 0.919. The molecule has 3 nitrogen and oxygen atoms in total. The minimum Gasteiger partial charge on any atom is -0.355 e. The van der Waals surface area contributed by atoms with E-state index in [1.54, 1.807) is 0 Å². The van der Waals surface area contributed by atoms with E-state index in [-0.39, 0.29) is 5.54 Å². The minimum atomic E-state index is 0.109. The number of fused-ring (bicyclic) bond motifs is 1. The Morgan fingerprint density at radius 3 is 2.52 bits per heavy atom. The first-order valence-electron chi connectivity index (χ1n) is 8.07. The second kappa shape index (κ2) is 5.77. The molecule has 0 radical (unpaired) electrons. The smallest absolute Gasteiger partial charge is 0.147 e. The molecule has 0 aromatic carbocycles. The van der Waals surface area contributed by atoms with Crippen LogP contribution in [0.5, 0.6) is 0 Å². The van der Waals surface area contributed by atoms with Crippen molar-refractivity contribution in [3.63, 3.8) is 0 Å². The van der Waals surface area contributed by atoms with E-state index in [0.29, 0.717) is 0 Å². The van der Waals surface area contributed by atoms with Gasteiger partial charge in [0.15, 0.2) is 0 Å². The third kappa shape index (κ3) is 3.51. The maximum atomic E-state index is 6.48. The van der Waals surface area contributed by atoms with E-state index in [1.807, 2.05) is 6.20 Å². The molecule has 2 atom stereocenters. The monoisotopic (exact) mass is 307 g/mol. The summed E-state index contributed by atoms with van der Waals surface area (Å²) in [6, 6.07) is 2.07. The van der Waals surface area contributed by atoms with E-state index in [0.717, 1.165) is 47.9 Å². The Morgan fingerprint density at radius 2 is 1.95 bits per heavy atom. The number of halogens is 1. The molecule has 0 bridgehead atoms. The van der Waals surface area contributed by atoms with Crippen LogP contribution >= 0.6 is 11.6 Å². The topological polar surface area (TPSA) is 28.2 Å². The molecule has 1 N–H and O–H groups in total. The highest BCUT2D eigenvalue weighted by atomic mass is 35.5. The van der Waals surface area contributed by atoms with Gasteiger partial charge in [-0.15, -0.1) is 0 Å². The number of aromatic nitrogens is 1. The van der Waals surface area contributed by atoms with Crippen LogP contribution in [-0.4, -0.2) is 23.6 Å². The number of rotatable bonds is 3. The van der Waals surface area contributed by atoms with Crippen molar-refractivity contribution in [3.8, 4) is 0 Å². The van der Waals surface area contributed by atoms with Crippen LogP contribution in [0.4, 0.5) is 5.82 Å². The number of nitrogens with zero attached hydrogens (tertiary/aromatic N) is 2. The fourth-order valence-corrected chi connectivity index (χ4v) is 3.88. The first kappa shape index (κ1) is 15.1. The zero-order chi connectivity index (χ0) is 15.0. The summed E-state index contributed by atoms with van der Waals surface area (Å²) in [6.45, 7) is 9.58. The molecule has 1 aromatic heterocycles. The number of hydrogen-bond acceptors (Lipinski definition) is 3. The average Bonchev–Trinajstić information content (AvgIpc) is 2.96.